The lowest BCUT2D eigenvalue weighted by Crippen LogP contribution is -2.44. The van der Waals surface area contributed by atoms with E-state index in [4.69, 9.17) is 4.74 Å². The highest BCUT2D eigenvalue weighted by Gasteiger charge is 2.49. The van der Waals surface area contributed by atoms with E-state index in [0.29, 0.717) is 18.4 Å². The van der Waals surface area contributed by atoms with Crippen molar-refractivity contribution in [3.05, 3.63) is 87.5 Å². The fourth-order valence-corrected chi connectivity index (χ4v) is 5.11. The van der Waals surface area contributed by atoms with Crippen molar-refractivity contribution >= 4 is 5.57 Å². The molecule has 4 unspecified atom stereocenters. The van der Waals surface area contributed by atoms with Gasteiger partial charge in [0.2, 0.25) is 0 Å². The predicted octanol–water partition coefficient (Wildman–Crippen LogP) is 8.65. The maximum absolute atomic E-state index is 15.8. The van der Waals surface area contributed by atoms with Gasteiger partial charge in [0.05, 0.1) is 6.61 Å². The summed E-state index contributed by atoms with van der Waals surface area (Å²) in [6, 6.07) is 8.00. The number of halogens is 5. The fourth-order valence-electron chi connectivity index (χ4n) is 5.11. The van der Waals surface area contributed by atoms with Crippen LogP contribution in [0.4, 0.5) is 22.0 Å². The molecule has 0 heterocycles. The van der Waals surface area contributed by atoms with Crippen molar-refractivity contribution in [1.82, 2.24) is 0 Å². The first-order chi connectivity index (χ1) is 17.2. The van der Waals surface area contributed by atoms with Gasteiger partial charge in [0, 0.05) is 16.7 Å². The first-order valence-corrected chi connectivity index (χ1v) is 12.8. The molecule has 0 radical (unpaired) electrons. The minimum atomic E-state index is -2.35. The molecule has 2 aliphatic rings. The minimum Gasteiger partial charge on any atom is -0.363 e. The summed E-state index contributed by atoms with van der Waals surface area (Å²) in [7, 11) is 0. The zero-order chi connectivity index (χ0) is 26.0. The first-order valence-electron chi connectivity index (χ1n) is 12.8. The Morgan fingerprint density at radius 2 is 1.64 bits per heavy atom. The molecule has 2 aromatic rings. The highest BCUT2D eigenvalue weighted by atomic mass is 19.2. The number of rotatable bonds is 9. The van der Waals surface area contributed by atoms with E-state index in [1.807, 2.05) is 13.0 Å². The average Bonchev–Trinajstić information content (AvgIpc) is 2.85. The largest absolute Gasteiger partial charge is 0.363 e. The number of aryl methyl sites for hydroxylation is 2. The van der Waals surface area contributed by atoms with Crippen LogP contribution in [0.5, 0.6) is 0 Å². The molecular formula is C30H33F5O. The molecule has 0 amide bonds. The van der Waals surface area contributed by atoms with Crippen molar-refractivity contribution in [2.24, 2.45) is 0 Å². The number of hydrogen-bond acceptors (Lipinski definition) is 1. The van der Waals surface area contributed by atoms with Crippen molar-refractivity contribution in [2.75, 3.05) is 0 Å². The molecule has 4 atom stereocenters. The van der Waals surface area contributed by atoms with Crippen LogP contribution in [0.1, 0.15) is 80.4 Å². The summed E-state index contributed by atoms with van der Waals surface area (Å²) in [5.41, 5.74) is -0.610. The van der Waals surface area contributed by atoms with Gasteiger partial charge in [0.1, 0.15) is 17.2 Å². The zero-order valence-electron chi connectivity index (χ0n) is 21.0. The normalized spacial score (nSPS) is 25.2. The van der Waals surface area contributed by atoms with Gasteiger partial charge in [-0.25, -0.2) is 22.0 Å². The summed E-state index contributed by atoms with van der Waals surface area (Å²) in [4.78, 5) is 0. The molecular weight excluding hydrogens is 471 g/mol. The molecule has 2 aromatic carbocycles. The molecule has 0 spiro atoms. The van der Waals surface area contributed by atoms with Crippen LogP contribution in [0, 0.1) is 11.6 Å². The van der Waals surface area contributed by atoms with Gasteiger partial charge in [-0.2, -0.15) is 0 Å². The number of ether oxygens (including phenoxy) is 1. The number of fused-ring (bicyclic) bond motifs is 2. The van der Waals surface area contributed by atoms with Crippen molar-refractivity contribution in [3.63, 3.8) is 0 Å². The molecule has 6 heteroatoms. The van der Waals surface area contributed by atoms with Crippen LogP contribution >= 0.6 is 0 Å². The molecule has 0 saturated heterocycles. The lowest BCUT2D eigenvalue weighted by molar-refractivity contribution is -0.0548. The molecule has 2 aliphatic carbocycles. The maximum atomic E-state index is 15.8. The van der Waals surface area contributed by atoms with Gasteiger partial charge in [0.15, 0.2) is 18.5 Å². The number of allylic oxidation sites excluding steroid dienone is 2. The Morgan fingerprint density at radius 3 is 2.33 bits per heavy atom. The van der Waals surface area contributed by atoms with E-state index in [2.05, 4.69) is 6.92 Å². The van der Waals surface area contributed by atoms with Crippen molar-refractivity contribution in [1.29, 1.82) is 0 Å². The van der Waals surface area contributed by atoms with Gasteiger partial charge < -0.3 is 4.74 Å². The molecule has 4 rings (SSSR count). The van der Waals surface area contributed by atoms with E-state index in [0.717, 1.165) is 31.2 Å². The molecule has 0 fully saturated rings. The third-order valence-corrected chi connectivity index (χ3v) is 7.29. The predicted molar refractivity (Wildman–Crippen MR) is 133 cm³/mol. The Morgan fingerprint density at radius 1 is 0.889 bits per heavy atom. The second-order valence-corrected chi connectivity index (χ2v) is 9.97. The smallest absolute Gasteiger partial charge is 0.164 e. The van der Waals surface area contributed by atoms with Gasteiger partial charge >= 0.3 is 0 Å². The Labute approximate surface area is 210 Å². The van der Waals surface area contributed by atoms with E-state index in [1.165, 1.54) is 31.2 Å². The van der Waals surface area contributed by atoms with Crippen LogP contribution in [0.15, 0.2) is 48.1 Å². The summed E-state index contributed by atoms with van der Waals surface area (Å²) < 4.78 is 81.7. The molecule has 1 nitrogen and oxygen atoms in total. The van der Waals surface area contributed by atoms with E-state index in [-0.39, 0.29) is 28.9 Å². The Bertz CT molecular complexity index is 1170. The Hall–Kier alpha value is -2.47. The summed E-state index contributed by atoms with van der Waals surface area (Å²) in [5, 5.41) is 0. The van der Waals surface area contributed by atoms with E-state index < -0.39 is 41.3 Å². The number of unbranched alkanes of at least 4 members (excludes halogenated alkanes) is 2. The van der Waals surface area contributed by atoms with Crippen LogP contribution in [-0.4, -0.2) is 17.9 Å². The lowest BCUT2D eigenvalue weighted by Gasteiger charge is -2.40. The number of hydrogen-bond donors (Lipinski definition) is 0. The molecule has 36 heavy (non-hydrogen) atoms. The maximum Gasteiger partial charge on any atom is 0.164 e. The molecule has 194 valence electrons. The number of alkyl halides is 3. The number of benzene rings is 2. The van der Waals surface area contributed by atoms with E-state index in [1.54, 1.807) is 12.1 Å². The summed E-state index contributed by atoms with van der Waals surface area (Å²) >= 11 is 0. The second kappa shape index (κ2) is 10.9. The van der Waals surface area contributed by atoms with Crippen LogP contribution in [0.25, 0.3) is 5.57 Å². The molecule has 0 saturated carbocycles. The fraction of sp³-hybridized carbons (Fsp3) is 0.467. The minimum absolute atomic E-state index is 0.143. The third kappa shape index (κ3) is 4.89. The molecule has 0 aliphatic heterocycles. The van der Waals surface area contributed by atoms with Gasteiger partial charge in [-0.1, -0.05) is 63.5 Å². The standard InChI is InChI=1S/C30H33F5O/c1-4-6-7-9-18-10-11-20(23(31)16-18)17-36-30(3)15-14-22-21-13-12-19(8-5-2)26(32)24(21)27(33)28(34)25(22)29(30)35/h10-16,27-29H,4-9,17H2,1-3H3. The van der Waals surface area contributed by atoms with Crippen molar-refractivity contribution < 1.29 is 26.7 Å². The summed E-state index contributed by atoms with van der Waals surface area (Å²) in [6.07, 6.45) is 1.17. The second-order valence-electron chi connectivity index (χ2n) is 9.97. The summed E-state index contributed by atoms with van der Waals surface area (Å²) in [6.45, 7) is 5.17. The van der Waals surface area contributed by atoms with E-state index >= 15 is 17.6 Å². The van der Waals surface area contributed by atoms with Crippen molar-refractivity contribution in [2.45, 2.75) is 90.0 Å². The van der Waals surface area contributed by atoms with Crippen LogP contribution in [0.3, 0.4) is 0 Å². The summed E-state index contributed by atoms with van der Waals surface area (Å²) in [5.74, 6) is -1.21. The average molecular weight is 505 g/mol. The van der Waals surface area contributed by atoms with Gasteiger partial charge in [-0.3, -0.25) is 0 Å². The first kappa shape index (κ1) is 26.6. The topological polar surface area (TPSA) is 9.23 Å². The van der Waals surface area contributed by atoms with Gasteiger partial charge in [0.25, 0.3) is 0 Å². The quantitative estimate of drug-likeness (QED) is 0.245. The highest BCUT2D eigenvalue weighted by Crippen LogP contribution is 2.49. The Kier molecular flexibility index (Phi) is 8.03. The third-order valence-electron chi connectivity index (χ3n) is 7.29. The SMILES string of the molecule is CCCCCc1ccc(COC2(C)C=CC3=C(C(F)C(F)c4c3ccc(CCC)c4F)C2F)c(F)c1. The lowest BCUT2D eigenvalue weighted by atomic mass is 9.74. The van der Waals surface area contributed by atoms with E-state index in [9.17, 15) is 4.39 Å². The van der Waals surface area contributed by atoms with Crippen LogP contribution in [0.2, 0.25) is 0 Å². The molecule has 0 N–H and O–H groups in total. The van der Waals surface area contributed by atoms with Gasteiger partial charge in [-0.05, 0) is 60.6 Å². The Balaban J connectivity index is 1.56. The monoisotopic (exact) mass is 504 g/mol. The highest BCUT2D eigenvalue weighted by molar-refractivity contribution is 5.84. The van der Waals surface area contributed by atoms with Crippen LogP contribution in [-0.2, 0) is 24.2 Å². The molecule has 0 aromatic heterocycles. The van der Waals surface area contributed by atoms with Crippen molar-refractivity contribution in [3.8, 4) is 0 Å². The zero-order valence-corrected chi connectivity index (χ0v) is 21.0. The molecule has 0 bridgehead atoms. The van der Waals surface area contributed by atoms with Crippen LogP contribution < -0.4 is 0 Å². The van der Waals surface area contributed by atoms with Gasteiger partial charge in [-0.15, -0.1) is 0 Å².